The predicted molar refractivity (Wildman–Crippen MR) is 99.9 cm³/mol. The smallest absolute Gasteiger partial charge is 0.408 e. The van der Waals surface area contributed by atoms with Crippen molar-refractivity contribution in [3.8, 4) is 0 Å². The van der Waals surface area contributed by atoms with Crippen LogP contribution in [0, 0.1) is 0 Å². The van der Waals surface area contributed by atoms with Crippen molar-refractivity contribution in [3.63, 3.8) is 0 Å². The van der Waals surface area contributed by atoms with Gasteiger partial charge in [-0.1, -0.05) is 31.8 Å². The van der Waals surface area contributed by atoms with Crippen LogP contribution in [-0.2, 0) is 4.74 Å². The molecule has 0 saturated carbocycles. The van der Waals surface area contributed by atoms with Gasteiger partial charge in [0.05, 0.1) is 14.1 Å². The average Bonchev–Trinajstić information content (AvgIpc) is 2.42. The van der Waals surface area contributed by atoms with Crippen LogP contribution in [0.15, 0.2) is 24.3 Å². The Hall–Kier alpha value is -1.82. The monoisotopic (exact) mass is 350 g/mol. The first-order chi connectivity index (χ1) is 10.9. The molecule has 0 heterocycles. The fourth-order valence-electron chi connectivity index (χ4n) is 1.94. The number of nitrogens with one attached hydrogen (secondary N) is 2. The van der Waals surface area contributed by atoms with Gasteiger partial charge in [0.1, 0.15) is 5.60 Å². The van der Waals surface area contributed by atoms with Crippen LogP contribution in [0.3, 0.4) is 0 Å². The molecule has 0 aliphatic carbocycles. The number of carbonyl (C=O) groups excluding carboxylic acids is 2. The highest BCUT2D eigenvalue weighted by atomic mass is 28.3. The second-order valence-corrected chi connectivity index (χ2v) is 13.7. The molecule has 0 aliphatic rings. The molecule has 1 aromatic carbocycles. The molecule has 0 fully saturated rings. The molecular formula is C18H30N2O3Si. The van der Waals surface area contributed by atoms with E-state index in [0.29, 0.717) is 5.56 Å². The van der Waals surface area contributed by atoms with E-state index in [9.17, 15) is 9.59 Å². The average molecular weight is 351 g/mol. The molecule has 24 heavy (non-hydrogen) atoms. The van der Waals surface area contributed by atoms with Gasteiger partial charge in [0.2, 0.25) is 0 Å². The Labute approximate surface area is 146 Å². The Balaban J connectivity index is 2.63. The highest BCUT2D eigenvalue weighted by Crippen LogP contribution is 2.15. The van der Waals surface area contributed by atoms with Crippen LogP contribution < -0.4 is 10.6 Å². The van der Waals surface area contributed by atoms with Crippen LogP contribution in [-0.4, -0.2) is 31.8 Å². The minimum Gasteiger partial charge on any atom is -0.444 e. The fraction of sp³-hybridized carbons (Fsp3) is 0.556. The van der Waals surface area contributed by atoms with Gasteiger partial charge >= 0.3 is 6.09 Å². The molecule has 2 amide bonds. The Morgan fingerprint density at radius 1 is 1.12 bits per heavy atom. The summed E-state index contributed by atoms with van der Waals surface area (Å²) >= 11 is 0. The number of benzene rings is 1. The zero-order valence-corrected chi connectivity index (χ0v) is 16.8. The molecule has 0 aliphatic heterocycles. The van der Waals surface area contributed by atoms with E-state index < -0.39 is 19.8 Å². The molecule has 0 radical (unpaired) electrons. The molecule has 0 aromatic heterocycles. The fourth-order valence-corrected chi connectivity index (χ4v) is 2.63. The van der Waals surface area contributed by atoms with Crippen molar-refractivity contribution in [1.29, 1.82) is 0 Å². The molecule has 0 saturated heterocycles. The maximum Gasteiger partial charge on any atom is 0.408 e. The second kappa shape index (κ2) is 7.83. The van der Waals surface area contributed by atoms with Crippen molar-refractivity contribution in [3.05, 3.63) is 35.4 Å². The number of ether oxygens (including phenoxy) is 1. The van der Waals surface area contributed by atoms with Crippen LogP contribution in [0.1, 0.15) is 49.7 Å². The van der Waals surface area contributed by atoms with Gasteiger partial charge in [-0.05, 0) is 45.4 Å². The van der Waals surface area contributed by atoms with Gasteiger partial charge in [0, 0.05) is 11.7 Å². The lowest BCUT2D eigenvalue weighted by molar-refractivity contribution is 0.0507. The normalized spacial score (nSPS) is 13.1. The molecule has 1 unspecified atom stereocenters. The molecule has 0 bridgehead atoms. The van der Waals surface area contributed by atoms with Crippen molar-refractivity contribution >= 4 is 20.1 Å². The van der Waals surface area contributed by atoms with E-state index in [1.165, 1.54) is 0 Å². The number of rotatable bonds is 5. The molecule has 6 heteroatoms. The molecule has 1 rings (SSSR count). The predicted octanol–water partition coefficient (Wildman–Crippen LogP) is 3.88. The van der Waals surface area contributed by atoms with E-state index in [0.717, 1.165) is 11.7 Å². The molecule has 2 N–H and O–H groups in total. The summed E-state index contributed by atoms with van der Waals surface area (Å²) in [7, 11) is -1.31. The van der Waals surface area contributed by atoms with E-state index in [1.54, 1.807) is 12.1 Å². The maximum atomic E-state index is 12.1. The van der Waals surface area contributed by atoms with Gasteiger partial charge in [0.15, 0.2) is 0 Å². The van der Waals surface area contributed by atoms with Crippen molar-refractivity contribution in [1.82, 2.24) is 10.6 Å². The summed E-state index contributed by atoms with van der Waals surface area (Å²) in [6.45, 7) is 14.0. The Morgan fingerprint density at radius 2 is 1.67 bits per heavy atom. The van der Waals surface area contributed by atoms with Crippen molar-refractivity contribution in [2.75, 3.05) is 6.17 Å². The molecular weight excluding hydrogens is 320 g/mol. The third-order valence-corrected chi connectivity index (χ3v) is 4.42. The quantitative estimate of drug-likeness (QED) is 0.792. The SMILES string of the molecule is CC(NC(=O)OC(C)(C)C)c1ccc(C(=O)NC[Si](C)(C)C)cc1. The summed E-state index contributed by atoms with van der Waals surface area (Å²) in [5.74, 6) is -0.0586. The summed E-state index contributed by atoms with van der Waals surface area (Å²) in [4.78, 5) is 23.9. The topological polar surface area (TPSA) is 67.4 Å². The molecule has 0 spiro atoms. The van der Waals surface area contributed by atoms with Crippen LogP contribution >= 0.6 is 0 Å². The first-order valence-electron chi connectivity index (χ1n) is 8.25. The first-order valence-corrected chi connectivity index (χ1v) is 12.0. The first kappa shape index (κ1) is 20.2. The second-order valence-electron chi connectivity index (χ2n) is 8.23. The van der Waals surface area contributed by atoms with E-state index >= 15 is 0 Å². The zero-order valence-electron chi connectivity index (χ0n) is 15.8. The lowest BCUT2D eigenvalue weighted by Crippen LogP contribution is -2.39. The van der Waals surface area contributed by atoms with Crippen molar-refractivity contribution < 1.29 is 14.3 Å². The standard InChI is InChI=1S/C18H30N2O3Si/c1-13(20-17(22)23-18(2,3)4)14-8-10-15(11-9-14)16(21)19-12-24(5,6)7/h8-11,13H,12H2,1-7H3,(H,19,21)(H,20,22). The summed E-state index contributed by atoms with van der Waals surface area (Å²) in [5.41, 5.74) is 1.02. The van der Waals surface area contributed by atoms with Crippen molar-refractivity contribution in [2.45, 2.75) is 59.0 Å². The third-order valence-electron chi connectivity index (χ3n) is 3.19. The van der Waals surface area contributed by atoms with Gasteiger partial charge in [0.25, 0.3) is 5.91 Å². The van der Waals surface area contributed by atoms with E-state index in [1.807, 2.05) is 39.8 Å². The Kier molecular flexibility index (Phi) is 6.60. The third kappa shape index (κ3) is 7.63. The largest absolute Gasteiger partial charge is 0.444 e. The zero-order chi connectivity index (χ0) is 18.5. The highest BCUT2D eigenvalue weighted by Gasteiger charge is 2.19. The summed E-state index contributed by atoms with van der Waals surface area (Å²) in [5, 5.41) is 5.77. The lowest BCUT2D eigenvalue weighted by atomic mass is 10.1. The van der Waals surface area contributed by atoms with Gasteiger partial charge in [-0.3, -0.25) is 4.79 Å². The minimum atomic E-state index is -1.31. The van der Waals surface area contributed by atoms with Gasteiger partial charge in [-0.15, -0.1) is 0 Å². The highest BCUT2D eigenvalue weighted by molar-refractivity contribution is 6.76. The van der Waals surface area contributed by atoms with Crippen molar-refractivity contribution in [2.24, 2.45) is 0 Å². The van der Waals surface area contributed by atoms with E-state index in [-0.39, 0.29) is 11.9 Å². The molecule has 134 valence electrons. The number of carbonyl (C=O) groups is 2. The summed E-state index contributed by atoms with van der Waals surface area (Å²) in [6.07, 6.45) is 0.302. The number of amides is 2. The van der Waals surface area contributed by atoms with E-state index in [4.69, 9.17) is 4.74 Å². The van der Waals surface area contributed by atoms with Gasteiger partial charge in [-0.2, -0.15) is 0 Å². The summed E-state index contributed by atoms with van der Waals surface area (Å²) < 4.78 is 5.25. The van der Waals surface area contributed by atoms with Crippen LogP contribution in [0.25, 0.3) is 0 Å². The minimum absolute atomic E-state index is 0.0586. The maximum absolute atomic E-state index is 12.1. The van der Waals surface area contributed by atoms with E-state index in [2.05, 4.69) is 30.3 Å². The molecule has 5 nitrogen and oxygen atoms in total. The number of hydrogen-bond acceptors (Lipinski definition) is 3. The lowest BCUT2D eigenvalue weighted by Gasteiger charge is -2.22. The van der Waals surface area contributed by atoms with Crippen LogP contribution in [0.2, 0.25) is 19.6 Å². The Bertz CT molecular complexity index is 571. The van der Waals surface area contributed by atoms with Crippen LogP contribution in [0.5, 0.6) is 0 Å². The Morgan fingerprint density at radius 3 is 2.12 bits per heavy atom. The molecule has 1 aromatic rings. The van der Waals surface area contributed by atoms with Gasteiger partial charge in [-0.25, -0.2) is 4.79 Å². The number of alkyl carbamates (subject to hydrolysis) is 1. The molecule has 1 atom stereocenters. The van der Waals surface area contributed by atoms with Gasteiger partial charge < -0.3 is 15.4 Å². The van der Waals surface area contributed by atoms with Crippen LogP contribution in [0.4, 0.5) is 4.79 Å². The summed E-state index contributed by atoms with van der Waals surface area (Å²) in [6, 6.07) is 7.07. The number of hydrogen-bond donors (Lipinski definition) is 2.